The molecule has 1 aromatic heterocycles. The Bertz CT molecular complexity index is 393. The van der Waals surface area contributed by atoms with Crippen molar-refractivity contribution in [3.63, 3.8) is 0 Å². The zero-order valence-electron chi connectivity index (χ0n) is 11.5. The molecule has 2 rings (SSSR count). The Morgan fingerprint density at radius 1 is 1.58 bits per heavy atom. The van der Waals surface area contributed by atoms with E-state index in [-0.39, 0.29) is 18.0 Å². The number of carbonyl (C=O) groups excluding carboxylic acids is 1. The Hall–Kier alpha value is -0.940. The van der Waals surface area contributed by atoms with Crippen LogP contribution in [0, 0.1) is 5.92 Å². The number of amides is 1. The minimum absolute atomic E-state index is 0.0484. The SMILES string of the molecule is CCC(NC(=O)CC1CCCCC1N)c1nccs1. The number of nitrogens with two attached hydrogens (primary N) is 1. The van der Waals surface area contributed by atoms with E-state index in [1.54, 1.807) is 17.5 Å². The molecule has 0 aromatic carbocycles. The molecule has 0 spiro atoms. The number of carbonyl (C=O) groups is 1. The molecule has 3 atom stereocenters. The Kier molecular flexibility index (Phi) is 5.34. The van der Waals surface area contributed by atoms with E-state index in [1.807, 2.05) is 5.38 Å². The zero-order valence-corrected chi connectivity index (χ0v) is 12.3. The van der Waals surface area contributed by atoms with Crippen LogP contribution >= 0.6 is 11.3 Å². The lowest BCUT2D eigenvalue weighted by Gasteiger charge is -2.28. The van der Waals surface area contributed by atoms with Crippen molar-refractivity contribution in [1.29, 1.82) is 0 Å². The van der Waals surface area contributed by atoms with Crippen LogP contribution in [0.2, 0.25) is 0 Å². The molecule has 106 valence electrons. The third-order valence-corrected chi connectivity index (χ3v) is 4.80. The van der Waals surface area contributed by atoms with Crippen molar-refractivity contribution < 1.29 is 4.79 Å². The molecule has 19 heavy (non-hydrogen) atoms. The lowest BCUT2D eigenvalue weighted by Crippen LogP contribution is -2.38. The molecule has 1 heterocycles. The molecule has 0 saturated heterocycles. The number of rotatable bonds is 5. The van der Waals surface area contributed by atoms with Gasteiger partial charge in [-0.05, 0) is 25.2 Å². The first kappa shape index (κ1) is 14.5. The van der Waals surface area contributed by atoms with Gasteiger partial charge in [0.2, 0.25) is 5.91 Å². The quantitative estimate of drug-likeness (QED) is 0.871. The van der Waals surface area contributed by atoms with Gasteiger partial charge in [-0.3, -0.25) is 4.79 Å². The van der Waals surface area contributed by atoms with E-state index >= 15 is 0 Å². The summed E-state index contributed by atoms with van der Waals surface area (Å²) in [5.74, 6) is 0.465. The Balaban J connectivity index is 1.86. The molecule has 0 aliphatic heterocycles. The smallest absolute Gasteiger partial charge is 0.220 e. The molecule has 1 saturated carbocycles. The molecule has 0 radical (unpaired) electrons. The Labute approximate surface area is 118 Å². The van der Waals surface area contributed by atoms with Crippen molar-refractivity contribution in [2.45, 2.75) is 57.5 Å². The summed E-state index contributed by atoms with van der Waals surface area (Å²) in [6, 6.07) is 0.242. The minimum atomic E-state index is 0.0484. The predicted molar refractivity (Wildman–Crippen MR) is 77.8 cm³/mol. The summed E-state index contributed by atoms with van der Waals surface area (Å²) in [5.41, 5.74) is 6.09. The van der Waals surface area contributed by atoms with Gasteiger partial charge in [-0.2, -0.15) is 0 Å². The first-order chi connectivity index (χ1) is 9.20. The summed E-state index contributed by atoms with van der Waals surface area (Å²) in [6.45, 7) is 2.07. The molecule has 0 bridgehead atoms. The lowest BCUT2D eigenvalue weighted by molar-refractivity contribution is -0.123. The molecular formula is C14H23N3OS. The number of thiazole rings is 1. The van der Waals surface area contributed by atoms with Gasteiger partial charge >= 0.3 is 0 Å². The molecule has 1 aliphatic rings. The maximum Gasteiger partial charge on any atom is 0.220 e. The van der Waals surface area contributed by atoms with E-state index in [4.69, 9.17) is 5.73 Å². The molecule has 3 N–H and O–H groups in total. The zero-order chi connectivity index (χ0) is 13.7. The van der Waals surface area contributed by atoms with Crippen LogP contribution in [-0.4, -0.2) is 16.9 Å². The second-order valence-electron chi connectivity index (χ2n) is 5.31. The maximum absolute atomic E-state index is 12.1. The summed E-state index contributed by atoms with van der Waals surface area (Å²) < 4.78 is 0. The number of hydrogen-bond donors (Lipinski definition) is 2. The van der Waals surface area contributed by atoms with Crippen LogP contribution in [0.5, 0.6) is 0 Å². The Morgan fingerprint density at radius 3 is 3.00 bits per heavy atom. The summed E-state index contributed by atoms with van der Waals surface area (Å²) in [5, 5.41) is 6.03. The fraction of sp³-hybridized carbons (Fsp3) is 0.714. The molecule has 1 aliphatic carbocycles. The van der Waals surface area contributed by atoms with Crippen LogP contribution in [0.1, 0.15) is 56.5 Å². The third kappa shape index (κ3) is 4.01. The van der Waals surface area contributed by atoms with Crippen LogP contribution in [0.25, 0.3) is 0 Å². The Morgan fingerprint density at radius 2 is 2.37 bits per heavy atom. The molecule has 1 aromatic rings. The standard InChI is InChI=1S/C14H23N3OS/c1-2-12(14-16-7-8-19-14)17-13(18)9-10-5-3-4-6-11(10)15/h7-8,10-12H,2-6,9,15H2,1H3,(H,17,18). The van der Waals surface area contributed by atoms with E-state index in [9.17, 15) is 4.79 Å². The minimum Gasteiger partial charge on any atom is -0.347 e. The van der Waals surface area contributed by atoms with Gasteiger partial charge in [0.05, 0.1) is 6.04 Å². The van der Waals surface area contributed by atoms with Crippen molar-refractivity contribution in [3.05, 3.63) is 16.6 Å². The largest absolute Gasteiger partial charge is 0.347 e. The third-order valence-electron chi connectivity index (χ3n) is 3.91. The average Bonchev–Trinajstić information content (AvgIpc) is 2.92. The molecule has 3 unspecified atom stereocenters. The van der Waals surface area contributed by atoms with Gasteiger partial charge in [-0.15, -0.1) is 11.3 Å². The van der Waals surface area contributed by atoms with Crippen LogP contribution in [-0.2, 0) is 4.79 Å². The van der Waals surface area contributed by atoms with Crippen molar-refractivity contribution in [2.24, 2.45) is 11.7 Å². The van der Waals surface area contributed by atoms with Crippen LogP contribution in [0.3, 0.4) is 0 Å². The maximum atomic E-state index is 12.1. The van der Waals surface area contributed by atoms with Crippen molar-refractivity contribution in [2.75, 3.05) is 0 Å². The molecular weight excluding hydrogens is 258 g/mol. The van der Waals surface area contributed by atoms with Crippen molar-refractivity contribution in [1.82, 2.24) is 10.3 Å². The van der Waals surface area contributed by atoms with Gasteiger partial charge in [0, 0.05) is 24.0 Å². The highest BCUT2D eigenvalue weighted by Crippen LogP contribution is 2.26. The van der Waals surface area contributed by atoms with Crippen LogP contribution < -0.4 is 11.1 Å². The molecule has 4 nitrogen and oxygen atoms in total. The van der Waals surface area contributed by atoms with E-state index in [2.05, 4.69) is 17.2 Å². The van der Waals surface area contributed by atoms with Gasteiger partial charge in [-0.25, -0.2) is 4.98 Å². The second kappa shape index (κ2) is 7.01. The highest BCUT2D eigenvalue weighted by atomic mass is 32.1. The first-order valence-corrected chi connectivity index (χ1v) is 8.03. The summed E-state index contributed by atoms with van der Waals surface area (Å²) in [4.78, 5) is 16.4. The number of nitrogens with zero attached hydrogens (tertiary/aromatic N) is 1. The van der Waals surface area contributed by atoms with E-state index < -0.39 is 0 Å². The van der Waals surface area contributed by atoms with Crippen molar-refractivity contribution in [3.8, 4) is 0 Å². The van der Waals surface area contributed by atoms with Gasteiger partial charge in [0.15, 0.2) is 0 Å². The van der Waals surface area contributed by atoms with E-state index in [0.29, 0.717) is 12.3 Å². The summed E-state index contributed by atoms with van der Waals surface area (Å²) in [7, 11) is 0. The highest BCUT2D eigenvalue weighted by Gasteiger charge is 2.25. The lowest BCUT2D eigenvalue weighted by atomic mass is 9.83. The molecule has 5 heteroatoms. The number of nitrogens with one attached hydrogen (secondary N) is 1. The number of aromatic nitrogens is 1. The highest BCUT2D eigenvalue weighted by molar-refractivity contribution is 7.09. The van der Waals surface area contributed by atoms with Crippen LogP contribution in [0.15, 0.2) is 11.6 Å². The second-order valence-corrected chi connectivity index (χ2v) is 6.24. The van der Waals surface area contributed by atoms with E-state index in [0.717, 1.165) is 24.3 Å². The predicted octanol–water partition coefficient (Wildman–Crippen LogP) is 2.62. The van der Waals surface area contributed by atoms with E-state index in [1.165, 1.54) is 12.8 Å². The van der Waals surface area contributed by atoms with Crippen LogP contribution in [0.4, 0.5) is 0 Å². The fourth-order valence-corrected chi connectivity index (χ4v) is 3.50. The number of hydrogen-bond acceptors (Lipinski definition) is 4. The van der Waals surface area contributed by atoms with Gasteiger partial charge in [-0.1, -0.05) is 19.8 Å². The summed E-state index contributed by atoms with van der Waals surface area (Å²) in [6.07, 6.45) is 7.76. The van der Waals surface area contributed by atoms with Gasteiger partial charge < -0.3 is 11.1 Å². The van der Waals surface area contributed by atoms with Gasteiger partial charge in [0.25, 0.3) is 0 Å². The first-order valence-electron chi connectivity index (χ1n) is 7.15. The van der Waals surface area contributed by atoms with Gasteiger partial charge in [0.1, 0.15) is 5.01 Å². The monoisotopic (exact) mass is 281 g/mol. The average molecular weight is 281 g/mol. The topological polar surface area (TPSA) is 68.0 Å². The fourth-order valence-electron chi connectivity index (χ4n) is 2.73. The molecule has 1 fully saturated rings. The molecule has 1 amide bonds. The summed E-state index contributed by atoms with van der Waals surface area (Å²) >= 11 is 1.59. The van der Waals surface area contributed by atoms with Crippen molar-refractivity contribution >= 4 is 17.2 Å². The normalized spacial score (nSPS) is 24.9.